The smallest absolute Gasteiger partial charge is 0.277 e. The van der Waals surface area contributed by atoms with Crippen LogP contribution in [-0.4, -0.2) is 46.2 Å². The highest BCUT2D eigenvalue weighted by molar-refractivity contribution is 6.04. The fourth-order valence-corrected chi connectivity index (χ4v) is 4.67. The number of methoxy groups -OCH3 is 1. The zero-order valence-corrected chi connectivity index (χ0v) is 17.9. The quantitative estimate of drug-likeness (QED) is 0.519. The van der Waals surface area contributed by atoms with Gasteiger partial charge < -0.3 is 14.6 Å². The van der Waals surface area contributed by atoms with Gasteiger partial charge in [-0.3, -0.25) is 9.36 Å². The second-order valence-electron chi connectivity index (χ2n) is 8.48. The molecule has 0 aliphatic carbocycles. The summed E-state index contributed by atoms with van der Waals surface area (Å²) in [5.41, 5.74) is 3.59. The zero-order valence-electron chi connectivity index (χ0n) is 17.9. The average molecular weight is 417 g/mol. The highest BCUT2D eigenvalue weighted by Gasteiger charge is 2.19. The minimum Gasteiger partial charge on any atom is -0.497 e. The van der Waals surface area contributed by atoms with E-state index in [1.165, 1.54) is 24.8 Å². The largest absolute Gasteiger partial charge is 0.497 e. The zero-order chi connectivity index (χ0) is 21.2. The Bertz CT molecular complexity index is 1240. The lowest BCUT2D eigenvalue weighted by Gasteiger charge is -2.32. The normalized spacial score (nSPS) is 15.6. The first-order valence-corrected chi connectivity index (χ1v) is 11.0. The van der Waals surface area contributed by atoms with Crippen LogP contribution in [0, 0.1) is 5.92 Å². The molecule has 1 aliphatic heterocycles. The molecule has 31 heavy (non-hydrogen) atoms. The molecule has 1 saturated heterocycles. The van der Waals surface area contributed by atoms with Gasteiger partial charge in [0.1, 0.15) is 16.8 Å². The van der Waals surface area contributed by atoms with Crippen molar-refractivity contribution in [3.8, 4) is 5.75 Å². The molecule has 0 radical (unpaired) electrons. The Morgan fingerprint density at radius 3 is 2.68 bits per heavy atom. The van der Waals surface area contributed by atoms with Crippen LogP contribution in [0.4, 0.5) is 0 Å². The van der Waals surface area contributed by atoms with E-state index in [-0.39, 0.29) is 5.56 Å². The van der Waals surface area contributed by atoms with Gasteiger partial charge in [-0.2, -0.15) is 0 Å². The topological polar surface area (TPSA) is 63.2 Å². The number of benzene rings is 2. The number of likely N-dealkylation sites (tertiary alicyclic amines) is 1. The van der Waals surface area contributed by atoms with E-state index in [1.807, 2.05) is 18.2 Å². The SMILES string of the molecule is COc1ccc2[nH]c3c(=O)n(CCN4CCC(Cc5ccccc5)CC4)cnc3c2c1. The Morgan fingerprint density at radius 1 is 1.10 bits per heavy atom. The number of H-pyrrole nitrogens is 1. The van der Waals surface area contributed by atoms with Crippen molar-refractivity contribution in [3.05, 3.63) is 70.8 Å². The van der Waals surface area contributed by atoms with Gasteiger partial charge in [-0.25, -0.2) is 4.98 Å². The van der Waals surface area contributed by atoms with Crippen molar-refractivity contribution in [2.24, 2.45) is 5.92 Å². The third-order valence-electron chi connectivity index (χ3n) is 6.51. The molecule has 1 aliphatic rings. The van der Waals surface area contributed by atoms with E-state index in [9.17, 15) is 4.79 Å². The van der Waals surface area contributed by atoms with Crippen molar-refractivity contribution in [1.29, 1.82) is 0 Å². The van der Waals surface area contributed by atoms with Crippen LogP contribution < -0.4 is 10.3 Å². The standard InChI is InChI=1S/C25H28N4O2/c1-31-20-7-8-22-21(16-20)23-24(27-22)25(30)29(17-26-23)14-13-28-11-9-19(10-12-28)15-18-5-3-2-4-6-18/h2-8,16-17,19,27H,9-15H2,1H3. The molecule has 4 aromatic rings. The second-order valence-corrected chi connectivity index (χ2v) is 8.48. The van der Waals surface area contributed by atoms with Crippen LogP contribution in [0.15, 0.2) is 59.7 Å². The lowest BCUT2D eigenvalue weighted by Crippen LogP contribution is -2.37. The number of nitrogens with zero attached hydrogens (tertiary/aromatic N) is 3. The van der Waals surface area contributed by atoms with Crippen molar-refractivity contribution in [3.63, 3.8) is 0 Å². The molecule has 0 amide bonds. The molecule has 3 heterocycles. The van der Waals surface area contributed by atoms with Gasteiger partial charge in [0.25, 0.3) is 5.56 Å². The van der Waals surface area contributed by atoms with E-state index in [0.717, 1.165) is 42.2 Å². The summed E-state index contributed by atoms with van der Waals surface area (Å²) in [4.78, 5) is 23.3. The van der Waals surface area contributed by atoms with Gasteiger partial charge in [0.05, 0.1) is 13.4 Å². The van der Waals surface area contributed by atoms with E-state index in [2.05, 4.69) is 45.2 Å². The summed E-state index contributed by atoms with van der Waals surface area (Å²) < 4.78 is 7.04. The van der Waals surface area contributed by atoms with Gasteiger partial charge >= 0.3 is 0 Å². The van der Waals surface area contributed by atoms with E-state index >= 15 is 0 Å². The molecule has 0 spiro atoms. The van der Waals surface area contributed by atoms with Crippen LogP contribution in [0.3, 0.4) is 0 Å². The Labute approximate surface area is 181 Å². The molecule has 160 valence electrons. The number of hydrogen-bond acceptors (Lipinski definition) is 4. The first-order valence-electron chi connectivity index (χ1n) is 11.0. The van der Waals surface area contributed by atoms with Crippen molar-refractivity contribution < 1.29 is 4.74 Å². The Morgan fingerprint density at radius 2 is 1.90 bits per heavy atom. The molecule has 2 aromatic carbocycles. The Balaban J connectivity index is 1.24. The summed E-state index contributed by atoms with van der Waals surface area (Å²) in [6.45, 7) is 3.71. The van der Waals surface area contributed by atoms with Crippen molar-refractivity contribution in [1.82, 2.24) is 19.4 Å². The molecular formula is C25H28N4O2. The minimum atomic E-state index is -0.0147. The number of aromatic amines is 1. The monoisotopic (exact) mass is 416 g/mol. The van der Waals surface area contributed by atoms with E-state index in [1.54, 1.807) is 18.0 Å². The number of aromatic nitrogens is 3. The summed E-state index contributed by atoms with van der Waals surface area (Å²) in [7, 11) is 1.64. The van der Waals surface area contributed by atoms with Gasteiger partial charge in [-0.05, 0) is 62.0 Å². The number of rotatable bonds is 6. The lowest BCUT2D eigenvalue weighted by molar-refractivity contribution is 0.178. The van der Waals surface area contributed by atoms with Gasteiger partial charge in [-0.15, -0.1) is 0 Å². The minimum absolute atomic E-state index is 0.0147. The number of ether oxygens (including phenoxy) is 1. The molecule has 6 nitrogen and oxygen atoms in total. The number of nitrogens with one attached hydrogen (secondary N) is 1. The van der Waals surface area contributed by atoms with Crippen LogP contribution >= 0.6 is 0 Å². The van der Waals surface area contributed by atoms with Crippen LogP contribution in [0.2, 0.25) is 0 Å². The summed E-state index contributed by atoms with van der Waals surface area (Å²) in [5, 5.41) is 0.916. The fraction of sp³-hybridized carbons (Fsp3) is 0.360. The van der Waals surface area contributed by atoms with Gasteiger partial charge in [0, 0.05) is 24.0 Å². The second kappa shape index (κ2) is 8.55. The maximum absolute atomic E-state index is 13.0. The van der Waals surface area contributed by atoms with Crippen molar-refractivity contribution in [2.45, 2.75) is 25.8 Å². The summed E-state index contributed by atoms with van der Waals surface area (Å²) in [5.74, 6) is 1.51. The summed E-state index contributed by atoms with van der Waals surface area (Å²) in [6.07, 6.45) is 5.27. The molecule has 0 saturated carbocycles. The van der Waals surface area contributed by atoms with E-state index in [0.29, 0.717) is 17.6 Å². The first-order chi connectivity index (χ1) is 15.2. The van der Waals surface area contributed by atoms with Crippen LogP contribution in [-0.2, 0) is 13.0 Å². The predicted octanol–water partition coefficient (Wildman–Crippen LogP) is 3.84. The number of hydrogen-bond donors (Lipinski definition) is 1. The maximum Gasteiger partial charge on any atom is 0.277 e. The Kier molecular flexibility index (Phi) is 5.47. The first kappa shape index (κ1) is 19.8. The fourth-order valence-electron chi connectivity index (χ4n) is 4.67. The molecule has 0 unspecified atom stereocenters. The highest BCUT2D eigenvalue weighted by atomic mass is 16.5. The van der Waals surface area contributed by atoms with Crippen molar-refractivity contribution >= 4 is 21.9 Å². The molecule has 1 N–H and O–H groups in total. The number of fused-ring (bicyclic) bond motifs is 3. The van der Waals surface area contributed by atoms with E-state index in [4.69, 9.17) is 4.74 Å². The molecular weight excluding hydrogens is 388 g/mol. The average Bonchev–Trinajstić information content (AvgIpc) is 3.19. The molecule has 2 aromatic heterocycles. The van der Waals surface area contributed by atoms with E-state index < -0.39 is 0 Å². The third-order valence-corrected chi connectivity index (χ3v) is 6.51. The van der Waals surface area contributed by atoms with Crippen molar-refractivity contribution in [2.75, 3.05) is 26.7 Å². The summed E-state index contributed by atoms with van der Waals surface area (Å²) in [6, 6.07) is 16.5. The van der Waals surface area contributed by atoms with Crippen LogP contribution in [0.25, 0.3) is 21.9 Å². The Hall–Kier alpha value is -3.12. The van der Waals surface area contributed by atoms with Crippen LogP contribution in [0.5, 0.6) is 5.75 Å². The molecule has 0 bridgehead atoms. The lowest BCUT2D eigenvalue weighted by atomic mass is 9.90. The third kappa shape index (κ3) is 4.08. The maximum atomic E-state index is 13.0. The van der Waals surface area contributed by atoms with Gasteiger partial charge in [0.2, 0.25) is 0 Å². The van der Waals surface area contributed by atoms with Crippen LogP contribution in [0.1, 0.15) is 18.4 Å². The molecule has 6 heteroatoms. The van der Waals surface area contributed by atoms with Gasteiger partial charge in [0.15, 0.2) is 0 Å². The molecule has 1 fully saturated rings. The predicted molar refractivity (Wildman–Crippen MR) is 124 cm³/mol. The highest BCUT2D eigenvalue weighted by Crippen LogP contribution is 2.26. The molecule has 5 rings (SSSR count). The summed E-state index contributed by atoms with van der Waals surface area (Å²) >= 11 is 0. The number of piperidine rings is 1. The van der Waals surface area contributed by atoms with Gasteiger partial charge in [-0.1, -0.05) is 30.3 Å². The molecule has 0 atom stereocenters.